The molecule has 1 nitrogen and oxygen atoms in total. The summed E-state index contributed by atoms with van der Waals surface area (Å²) < 4.78 is 0. The predicted molar refractivity (Wildman–Crippen MR) is 130 cm³/mol. The van der Waals surface area contributed by atoms with Gasteiger partial charge in [0.2, 0.25) is 0 Å². The van der Waals surface area contributed by atoms with Crippen molar-refractivity contribution in [1.29, 1.82) is 0 Å². The zero-order valence-electron chi connectivity index (χ0n) is 21.6. The van der Waals surface area contributed by atoms with Gasteiger partial charge in [-0.15, -0.1) is 0 Å². The van der Waals surface area contributed by atoms with E-state index in [0.29, 0.717) is 33.4 Å². The van der Waals surface area contributed by atoms with E-state index in [1.54, 1.807) is 0 Å². The van der Waals surface area contributed by atoms with Crippen molar-refractivity contribution in [3.63, 3.8) is 0 Å². The van der Waals surface area contributed by atoms with Crippen LogP contribution in [0.1, 0.15) is 113 Å². The lowest BCUT2D eigenvalue weighted by atomic mass is 9.32. The molecular weight excluding hydrogens is 376 g/mol. The Hall–Kier alpha value is -0.590. The summed E-state index contributed by atoms with van der Waals surface area (Å²) in [6, 6.07) is 0. The summed E-state index contributed by atoms with van der Waals surface area (Å²) in [5, 5.41) is 0. The van der Waals surface area contributed by atoms with E-state index < -0.39 is 0 Å². The Labute approximate surface area is 192 Å². The van der Waals surface area contributed by atoms with Gasteiger partial charge in [0.1, 0.15) is 5.78 Å². The zero-order chi connectivity index (χ0) is 22.6. The molecule has 5 fully saturated rings. The van der Waals surface area contributed by atoms with Crippen LogP contribution in [-0.2, 0) is 4.79 Å². The number of ketones is 1. The van der Waals surface area contributed by atoms with Gasteiger partial charge in [0.15, 0.2) is 0 Å². The van der Waals surface area contributed by atoms with Crippen molar-refractivity contribution in [3.05, 3.63) is 12.2 Å². The maximum Gasteiger partial charge on any atom is 0.138 e. The molecule has 5 saturated carbocycles. The van der Waals surface area contributed by atoms with Crippen LogP contribution in [0, 0.1) is 56.7 Å². The largest absolute Gasteiger partial charge is 0.299 e. The average molecular weight is 425 g/mol. The molecule has 0 saturated heterocycles. The zero-order valence-corrected chi connectivity index (χ0v) is 21.6. The fraction of sp³-hybridized carbons (Fsp3) is 0.900. The Kier molecular flexibility index (Phi) is 4.66. The molecule has 0 heterocycles. The Bertz CT molecular complexity index is 807. The molecule has 0 N–H and O–H groups in total. The van der Waals surface area contributed by atoms with Gasteiger partial charge in [-0.2, -0.15) is 0 Å². The Morgan fingerprint density at radius 2 is 1.52 bits per heavy atom. The monoisotopic (exact) mass is 424 g/mol. The topological polar surface area (TPSA) is 17.1 Å². The minimum absolute atomic E-state index is 0.131. The van der Waals surface area contributed by atoms with Crippen molar-refractivity contribution in [2.45, 2.75) is 113 Å². The third-order valence-electron chi connectivity index (χ3n) is 13.2. The van der Waals surface area contributed by atoms with E-state index in [-0.39, 0.29) is 5.41 Å². The molecule has 0 radical (unpaired) electrons. The predicted octanol–water partition coefficient (Wildman–Crippen LogP) is 8.23. The van der Waals surface area contributed by atoms with E-state index in [9.17, 15) is 4.79 Å². The van der Waals surface area contributed by atoms with Crippen LogP contribution in [-0.4, -0.2) is 5.78 Å². The van der Waals surface area contributed by atoms with Crippen molar-refractivity contribution in [1.82, 2.24) is 0 Å². The van der Waals surface area contributed by atoms with E-state index in [1.165, 1.54) is 56.9 Å². The molecule has 9 atom stereocenters. The summed E-state index contributed by atoms with van der Waals surface area (Å²) in [4.78, 5) is 12.9. The molecule has 0 aromatic heterocycles. The van der Waals surface area contributed by atoms with E-state index in [4.69, 9.17) is 0 Å². The number of hydrogen-bond donors (Lipinski definition) is 0. The maximum absolute atomic E-state index is 12.9. The van der Waals surface area contributed by atoms with Crippen molar-refractivity contribution in [3.8, 4) is 0 Å². The van der Waals surface area contributed by atoms with Gasteiger partial charge >= 0.3 is 0 Å². The van der Waals surface area contributed by atoms with Crippen molar-refractivity contribution in [2.75, 3.05) is 0 Å². The van der Waals surface area contributed by atoms with Crippen LogP contribution in [0.4, 0.5) is 0 Å². The quantitative estimate of drug-likeness (QED) is 0.387. The number of rotatable bonds is 1. The van der Waals surface area contributed by atoms with E-state index in [2.05, 4.69) is 55.0 Å². The van der Waals surface area contributed by atoms with E-state index >= 15 is 0 Å². The van der Waals surface area contributed by atoms with Gasteiger partial charge in [-0.05, 0) is 116 Å². The second-order valence-electron chi connectivity index (χ2n) is 14.5. The van der Waals surface area contributed by atoms with Crippen molar-refractivity contribution in [2.24, 2.45) is 56.7 Å². The maximum atomic E-state index is 12.9. The molecular formula is C30H48O. The van der Waals surface area contributed by atoms with Gasteiger partial charge in [-0.3, -0.25) is 4.79 Å². The molecule has 5 aliphatic carbocycles. The van der Waals surface area contributed by atoms with Crippen molar-refractivity contribution >= 4 is 5.78 Å². The Morgan fingerprint density at radius 3 is 2.19 bits per heavy atom. The molecule has 0 bridgehead atoms. The van der Waals surface area contributed by atoms with Gasteiger partial charge in [0, 0.05) is 11.8 Å². The normalized spacial score (nSPS) is 55.6. The summed E-state index contributed by atoms with van der Waals surface area (Å²) in [6.45, 7) is 22.0. The third-order valence-corrected chi connectivity index (χ3v) is 13.2. The number of carbonyl (C=O) groups is 1. The molecule has 1 heteroatoms. The molecule has 0 aliphatic heterocycles. The van der Waals surface area contributed by atoms with Crippen LogP contribution >= 0.6 is 0 Å². The van der Waals surface area contributed by atoms with Crippen LogP contribution < -0.4 is 0 Å². The van der Waals surface area contributed by atoms with E-state index in [1.807, 2.05) is 0 Å². The molecule has 174 valence electrons. The highest BCUT2D eigenvalue weighted by Gasteiger charge is 2.70. The van der Waals surface area contributed by atoms with Crippen LogP contribution in [0.5, 0.6) is 0 Å². The number of hydrogen-bond acceptors (Lipinski definition) is 1. The highest BCUT2D eigenvalue weighted by atomic mass is 16.1. The third kappa shape index (κ3) is 2.59. The Morgan fingerprint density at radius 1 is 0.806 bits per heavy atom. The van der Waals surface area contributed by atoms with Crippen LogP contribution in [0.3, 0.4) is 0 Å². The highest BCUT2D eigenvalue weighted by Crippen LogP contribution is 2.77. The molecule has 0 aromatic rings. The van der Waals surface area contributed by atoms with Crippen LogP contribution in [0.25, 0.3) is 0 Å². The average Bonchev–Trinajstić information content (AvgIpc) is 3.04. The Balaban J connectivity index is 1.55. The molecule has 2 unspecified atom stereocenters. The lowest BCUT2D eigenvalue weighted by Gasteiger charge is -2.72. The summed E-state index contributed by atoms with van der Waals surface area (Å²) >= 11 is 0. The summed E-state index contributed by atoms with van der Waals surface area (Å²) in [7, 11) is 0. The molecule has 5 rings (SSSR count). The molecule has 5 aliphatic rings. The molecule has 0 amide bonds. The summed E-state index contributed by atoms with van der Waals surface area (Å²) in [6.07, 6.45) is 13.0. The van der Waals surface area contributed by atoms with Gasteiger partial charge in [-0.1, -0.05) is 53.7 Å². The van der Waals surface area contributed by atoms with Crippen molar-refractivity contribution < 1.29 is 4.79 Å². The first-order valence-corrected chi connectivity index (χ1v) is 13.5. The second-order valence-corrected chi connectivity index (χ2v) is 14.5. The number of fused-ring (bicyclic) bond motifs is 7. The summed E-state index contributed by atoms with van der Waals surface area (Å²) in [5.74, 6) is 4.33. The molecule has 31 heavy (non-hydrogen) atoms. The van der Waals surface area contributed by atoms with Gasteiger partial charge < -0.3 is 0 Å². The standard InChI is InChI=1S/C30H48O/c1-19(2)20-11-14-27(5)17-18-29(7)21(25(20)27)9-10-23-28(6)15-13-24(31)26(3,4)22(28)12-16-30(23,29)8/h20-23,25H,1,9-18H2,2-8H3/t20-,21+,22?,23?,25+,27+,28-,29+,30+/m0/s1. The fourth-order valence-corrected chi connectivity index (χ4v) is 11.3. The lowest BCUT2D eigenvalue weighted by molar-refractivity contribution is -0.232. The minimum Gasteiger partial charge on any atom is -0.299 e. The molecule has 0 spiro atoms. The molecule has 0 aromatic carbocycles. The van der Waals surface area contributed by atoms with Gasteiger partial charge in [0.25, 0.3) is 0 Å². The number of allylic oxidation sites excluding steroid dienone is 1. The smallest absolute Gasteiger partial charge is 0.138 e. The van der Waals surface area contributed by atoms with Gasteiger partial charge in [0.05, 0.1) is 0 Å². The van der Waals surface area contributed by atoms with E-state index in [0.717, 1.165) is 36.5 Å². The highest BCUT2D eigenvalue weighted by molar-refractivity contribution is 5.85. The first-order valence-electron chi connectivity index (χ1n) is 13.5. The SMILES string of the molecule is C=C(C)[C@@H]1CC[C@]2(C)CC[C@]3(C)[C@H](CCC4[C@@]5(C)CCC(=O)C(C)(C)C5CC[C@]43C)[C@@H]12. The van der Waals surface area contributed by atoms with Crippen LogP contribution in [0.2, 0.25) is 0 Å². The first-order chi connectivity index (χ1) is 14.3. The van der Waals surface area contributed by atoms with Crippen LogP contribution in [0.15, 0.2) is 12.2 Å². The number of Topliss-reactive ketones (excluding diaryl/α,β-unsaturated/α-hetero) is 1. The van der Waals surface area contributed by atoms with Gasteiger partial charge in [-0.25, -0.2) is 0 Å². The number of carbonyl (C=O) groups excluding carboxylic acids is 1. The first kappa shape index (κ1) is 22.2. The minimum atomic E-state index is -0.131. The fourth-order valence-electron chi connectivity index (χ4n) is 11.3. The lowest BCUT2D eigenvalue weighted by Crippen LogP contribution is -2.66. The second kappa shape index (κ2) is 6.50. The summed E-state index contributed by atoms with van der Waals surface area (Å²) in [5.41, 5.74) is 3.06.